The first-order valence-electron chi connectivity index (χ1n) is 4.73. The lowest BCUT2D eigenvalue weighted by Crippen LogP contribution is -2.02. The molecule has 0 unspecified atom stereocenters. The number of halogens is 2. The Labute approximate surface area is 110 Å². The summed E-state index contributed by atoms with van der Waals surface area (Å²) >= 11 is 6.85. The Kier molecular flexibility index (Phi) is 3.54. The zero-order valence-corrected chi connectivity index (χ0v) is 11.9. The highest BCUT2D eigenvalue weighted by atomic mass is 79.9. The van der Waals surface area contributed by atoms with Crippen molar-refractivity contribution in [2.75, 3.05) is 7.11 Å². The van der Waals surface area contributed by atoms with Crippen LogP contribution < -0.4 is 4.74 Å². The Morgan fingerprint density at radius 1 is 1.44 bits per heavy atom. The monoisotopic (exact) mass is 348 g/mol. The van der Waals surface area contributed by atoms with Gasteiger partial charge in [-0.05, 0) is 11.6 Å². The topological polar surface area (TPSA) is 35.5 Å². The largest absolute Gasteiger partial charge is 0.496 e. The second-order valence-electron chi connectivity index (χ2n) is 3.42. The minimum absolute atomic E-state index is 0.267. The van der Waals surface area contributed by atoms with Crippen molar-refractivity contribution in [1.82, 2.24) is 0 Å². The summed E-state index contributed by atoms with van der Waals surface area (Å²) < 4.78 is 10.4. The number of hydrogen-bond acceptors (Lipinski definition) is 3. The standard InChI is InChI=1S/C11H10Br2O3/c1-15-10-8(4-13)6(3-12)2-7-9(10)5-16-11(7)14/h2H,3-5H2,1H3. The fraction of sp³-hybridized carbons (Fsp3) is 0.364. The maximum atomic E-state index is 11.5. The molecule has 0 radical (unpaired) electrons. The van der Waals surface area contributed by atoms with Crippen LogP contribution in [0.3, 0.4) is 0 Å². The summed E-state index contributed by atoms with van der Waals surface area (Å²) in [4.78, 5) is 11.5. The lowest BCUT2D eigenvalue weighted by molar-refractivity contribution is 0.0534. The zero-order valence-electron chi connectivity index (χ0n) is 8.68. The molecule has 1 aliphatic heterocycles. The molecule has 1 heterocycles. The van der Waals surface area contributed by atoms with Crippen LogP contribution in [0.1, 0.15) is 27.0 Å². The van der Waals surface area contributed by atoms with Crippen molar-refractivity contribution in [3.63, 3.8) is 0 Å². The van der Waals surface area contributed by atoms with Crippen LogP contribution in [-0.4, -0.2) is 13.1 Å². The van der Waals surface area contributed by atoms with E-state index in [4.69, 9.17) is 9.47 Å². The number of carbonyl (C=O) groups excluding carboxylic acids is 1. The fourth-order valence-corrected chi connectivity index (χ4v) is 2.97. The fourth-order valence-electron chi connectivity index (χ4n) is 1.85. The van der Waals surface area contributed by atoms with Gasteiger partial charge in [-0.2, -0.15) is 0 Å². The van der Waals surface area contributed by atoms with E-state index in [1.807, 2.05) is 6.07 Å². The Morgan fingerprint density at radius 2 is 2.19 bits per heavy atom. The molecule has 0 spiro atoms. The van der Waals surface area contributed by atoms with Gasteiger partial charge in [0, 0.05) is 21.8 Å². The van der Waals surface area contributed by atoms with Crippen molar-refractivity contribution in [3.8, 4) is 5.75 Å². The van der Waals surface area contributed by atoms with Gasteiger partial charge < -0.3 is 9.47 Å². The van der Waals surface area contributed by atoms with Gasteiger partial charge in [0.15, 0.2) is 0 Å². The summed E-state index contributed by atoms with van der Waals surface area (Å²) in [5.41, 5.74) is 3.59. The average Bonchev–Trinajstić information content (AvgIpc) is 2.68. The van der Waals surface area contributed by atoms with Crippen LogP contribution in [0.15, 0.2) is 6.07 Å². The number of rotatable bonds is 3. The van der Waals surface area contributed by atoms with Gasteiger partial charge in [-0.15, -0.1) is 0 Å². The van der Waals surface area contributed by atoms with E-state index in [-0.39, 0.29) is 5.97 Å². The molecule has 0 N–H and O–H groups in total. The number of alkyl halides is 2. The van der Waals surface area contributed by atoms with Gasteiger partial charge in [0.1, 0.15) is 12.4 Å². The lowest BCUT2D eigenvalue weighted by Gasteiger charge is -2.13. The molecule has 0 bridgehead atoms. The summed E-state index contributed by atoms with van der Waals surface area (Å²) in [6, 6.07) is 1.87. The molecule has 3 nitrogen and oxygen atoms in total. The van der Waals surface area contributed by atoms with Crippen LogP contribution >= 0.6 is 31.9 Å². The van der Waals surface area contributed by atoms with Crippen LogP contribution in [0.25, 0.3) is 0 Å². The van der Waals surface area contributed by atoms with E-state index >= 15 is 0 Å². The van der Waals surface area contributed by atoms with Crippen molar-refractivity contribution >= 4 is 37.8 Å². The molecule has 0 saturated heterocycles. The van der Waals surface area contributed by atoms with Gasteiger partial charge in [-0.25, -0.2) is 4.79 Å². The maximum absolute atomic E-state index is 11.5. The molecule has 16 heavy (non-hydrogen) atoms. The van der Waals surface area contributed by atoms with Crippen LogP contribution in [0.4, 0.5) is 0 Å². The van der Waals surface area contributed by atoms with Crippen LogP contribution in [0.2, 0.25) is 0 Å². The third-order valence-corrected chi connectivity index (χ3v) is 3.79. The first-order valence-corrected chi connectivity index (χ1v) is 6.97. The van der Waals surface area contributed by atoms with Crippen LogP contribution in [-0.2, 0) is 22.0 Å². The number of fused-ring (bicyclic) bond motifs is 1. The Morgan fingerprint density at radius 3 is 2.75 bits per heavy atom. The minimum atomic E-state index is -0.267. The molecule has 0 fully saturated rings. The summed E-state index contributed by atoms with van der Waals surface area (Å²) in [6.45, 7) is 0.305. The van der Waals surface area contributed by atoms with E-state index in [1.165, 1.54) is 0 Å². The van der Waals surface area contributed by atoms with Gasteiger partial charge in [-0.3, -0.25) is 0 Å². The minimum Gasteiger partial charge on any atom is -0.496 e. The second kappa shape index (κ2) is 4.75. The molecule has 0 atom stereocenters. The smallest absolute Gasteiger partial charge is 0.339 e. The summed E-state index contributed by atoms with van der Waals surface area (Å²) in [5, 5.41) is 1.38. The second-order valence-corrected chi connectivity index (χ2v) is 4.54. The van der Waals surface area contributed by atoms with E-state index in [9.17, 15) is 4.79 Å². The lowest BCUT2D eigenvalue weighted by atomic mass is 10.00. The van der Waals surface area contributed by atoms with Crippen molar-refractivity contribution in [3.05, 3.63) is 28.3 Å². The number of carbonyl (C=O) groups is 1. The molecule has 1 aromatic carbocycles. The third kappa shape index (κ3) is 1.76. The van der Waals surface area contributed by atoms with Crippen LogP contribution in [0, 0.1) is 0 Å². The molecule has 86 valence electrons. The maximum Gasteiger partial charge on any atom is 0.339 e. The van der Waals surface area contributed by atoms with Gasteiger partial charge in [0.2, 0.25) is 0 Å². The third-order valence-electron chi connectivity index (χ3n) is 2.63. The van der Waals surface area contributed by atoms with Crippen molar-refractivity contribution in [1.29, 1.82) is 0 Å². The number of cyclic esters (lactones) is 1. The van der Waals surface area contributed by atoms with Crippen molar-refractivity contribution in [2.24, 2.45) is 0 Å². The molecule has 1 aromatic rings. The summed E-state index contributed by atoms with van der Waals surface area (Å²) in [6.07, 6.45) is 0. The highest BCUT2D eigenvalue weighted by Gasteiger charge is 2.28. The van der Waals surface area contributed by atoms with Gasteiger partial charge in [0.25, 0.3) is 0 Å². The molecule has 5 heteroatoms. The Bertz CT molecular complexity index is 443. The number of esters is 1. The Hall–Kier alpha value is -0.550. The number of benzene rings is 1. The number of ether oxygens (including phenoxy) is 2. The van der Waals surface area contributed by atoms with Gasteiger partial charge in [-0.1, -0.05) is 31.9 Å². The molecular formula is C11H10Br2O3. The van der Waals surface area contributed by atoms with Crippen molar-refractivity contribution < 1.29 is 14.3 Å². The first-order chi connectivity index (χ1) is 7.72. The molecule has 0 aliphatic carbocycles. The predicted molar refractivity (Wildman–Crippen MR) is 67.4 cm³/mol. The molecule has 1 aliphatic rings. The highest BCUT2D eigenvalue weighted by molar-refractivity contribution is 9.09. The van der Waals surface area contributed by atoms with Crippen molar-refractivity contribution in [2.45, 2.75) is 17.3 Å². The Balaban J connectivity index is 2.68. The molecule has 0 amide bonds. The predicted octanol–water partition coefficient (Wildman–Crippen LogP) is 3.16. The van der Waals surface area contributed by atoms with E-state index in [0.29, 0.717) is 22.8 Å². The van der Waals surface area contributed by atoms with Gasteiger partial charge >= 0.3 is 5.97 Å². The van der Waals surface area contributed by atoms with E-state index in [2.05, 4.69) is 31.9 Å². The van der Waals surface area contributed by atoms with Crippen LogP contribution in [0.5, 0.6) is 5.75 Å². The highest BCUT2D eigenvalue weighted by Crippen LogP contribution is 2.37. The normalized spacial score (nSPS) is 13.6. The van der Waals surface area contributed by atoms with Gasteiger partial charge in [0.05, 0.1) is 12.7 Å². The molecule has 2 rings (SSSR count). The zero-order chi connectivity index (χ0) is 11.7. The van der Waals surface area contributed by atoms with E-state index in [1.54, 1.807) is 7.11 Å². The quantitative estimate of drug-likeness (QED) is 0.621. The number of hydrogen-bond donors (Lipinski definition) is 0. The molecule has 0 saturated carbocycles. The summed E-state index contributed by atoms with van der Waals surface area (Å²) in [5.74, 6) is 0.492. The summed E-state index contributed by atoms with van der Waals surface area (Å²) in [7, 11) is 1.61. The van der Waals surface area contributed by atoms with E-state index in [0.717, 1.165) is 22.4 Å². The number of methoxy groups -OCH3 is 1. The van der Waals surface area contributed by atoms with E-state index < -0.39 is 0 Å². The SMILES string of the molecule is COc1c(CBr)c(CBr)cc2c1COC2=O. The first kappa shape index (κ1) is 11.9. The average molecular weight is 350 g/mol. The molecule has 0 aromatic heterocycles. The molecular weight excluding hydrogens is 340 g/mol.